The fourth-order valence-corrected chi connectivity index (χ4v) is 1.53. The van der Waals surface area contributed by atoms with Crippen molar-refractivity contribution in [2.24, 2.45) is 0 Å². The van der Waals surface area contributed by atoms with Crippen LogP contribution >= 0.6 is 0 Å². The molecule has 1 heterocycles. The summed E-state index contributed by atoms with van der Waals surface area (Å²) in [5.74, 6) is 0. The highest BCUT2D eigenvalue weighted by Crippen LogP contribution is 2.14. The highest BCUT2D eigenvalue weighted by molar-refractivity contribution is 5.70. The van der Waals surface area contributed by atoms with E-state index in [-0.39, 0.29) is 18.2 Å². The Morgan fingerprint density at radius 3 is 2.92 bits per heavy atom. The third-order valence-corrected chi connectivity index (χ3v) is 2.11. The number of carbonyl (C=O) groups is 1. The monoisotopic (exact) mass is 172 g/mol. The van der Waals surface area contributed by atoms with Crippen molar-refractivity contribution in [2.75, 3.05) is 20.2 Å². The highest BCUT2D eigenvalue weighted by atomic mass is 16.6. The second kappa shape index (κ2) is 3.76. The Morgan fingerprint density at radius 2 is 2.50 bits per heavy atom. The van der Waals surface area contributed by atoms with Crippen LogP contribution in [-0.4, -0.2) is 43.3 Å². The zero-order chi connectivity index (χ0) is 9.14. The van der Waals surface area contributed by atoms with Gasteiger partial charge in [0.25, 0.3) is 0 Å². The summed E-state index contributed by atoms with van der Waals surface area (Å²) in [6.45, 7) is 5.34. The first-order chi connectivity index (χ1) is 5.66. The Hall–Kier alpha value is -0.770. The van der Waals surface area contributed by atoms with Gasteiger partial charge in [-0.2, -0.15) is 0 Å². The number of ether oxygens (including phenoxy) is 1. The Morgan fingerprint density at radius 1 is 1.83 bits per heavy atom. The van der Waals surface area contributed by atoms with E-state index in [9.17, 15) is 4.79 Å². The van der Waals surface area contributed by atoms with E-state index >= 15 is 0 Å². The number of likely N-dealkylation sites (N-methyl/N-ethyl adjacent to an activating group) is 1. The molecule has 1 rings (SSSR count). The van der Waals surface area contributed by atoms with Gasteiger partial charge < -0.3 is 10.1 Å². The number of cyclic esters (lactones) is 1. The van der Waals surface area contributed by atoms with Gasteiger partial charge >= 0.3 is 6.09 Å². The van der Waals surface area contributed by atoms with Gasteiger partial charge in [0.15, 0.2) is 0 Å². The van der Waals surface area contributed by atoms with Crippen molar-refractivity contribution in [3.05, 3.63) is 0 Å². The maximum atomic E-state index is 11.2. The highest BCUT2D eigenvalue weighted by Gasteiger charge is 2.32. The van der Waals surface area contributed by atoms with E-state index in [1.165, 1.54) is 0 Å². The molecule has 0 bridgehead atoms. The number of rotatable bonds is 3. The second-order valence-corrected chi connectivity index (χ2v) is 3.24. The van der Waals surface area contributed by atoms with Gasteiger partial charge in [-0.25, -0.2) is 4.79 Å². The lowest BCUT2D eigenvalue weighted by molar-refractivity contribution is 0.147. The summed E-state index contributed by atoms with van der Waals surface area (Å²) in [5, 5.41) is 3.04. The van der Waals surface area contributed by atoms with Crippen molar-refractivity contribution in [1.29, 1.82) is 0 Å². The van der Waals surface area contributed by atoms with Crippen molar-refractivity contribution in [3.63, 3.8) is 0 Å². The molecule has 12 heavy (non-hydrogen) atoms. The summed E-state index contributed by atoms with van der Waals surface area (Å²) < 4.78 is 4.90. The van der Waals surface area contributed by atoms with Crippen molar-refractivity contribution in [3.8, 4) is 0 Å². The van der Waals surface area contributed by atoms with Gasteiger partial charge in [-0.1, -0.05) is 0 Å². The predicted octanol–water partition coefficient (Wildman–Crippen LogP) is 0.435. The molecule has 2 atom stereocenters. The average molecular weight is 172 g/mol. The maximum Gasteiger partial charge on any atom is 0.410 e. The zero-order valence-corrected chi connectivity index (χ0v) is 7.83. The normalized spacial score (nSPS) is 25.8. The first-order valence-corrected chi connectivity index (χ1v) is 4.26. The van der Waals surface area contributed by atoms with E-state index in [2.05, 4.69) is 5.32 Å². The molecule has 70 valence electrons. The van der Waals surface area contributed by atoms with Gasteiger partial charge in [0.1, 0.15) is 6.61 Å². The average Bonchev–Trinajstić information content (AvgIpc) is 2.32. The van der Waals surface area contributed by atoms with Crippen molar-refractivity contribution in [1.82, 2.24) is 10.2 Å². The minimum absolute atomic E-state index is 0.190. The maximum absolute atomic E-state index is 11.2. The molecular weight excluding hydrogens is 156 g/mol. The first kappa shape index (κ1) is 9.32. The molecule has 1 fully saturated rings. The fourth-order valence-electron chi connectivity index (χ4n) is 1.53. The fraction of sp³-hybridized carbons (Fsp3) is 0.875. The van der Waals surface area contributed by atoms with Crippen LogP contribution in [0.5, 0.6) is 0 Å². The molecule has 0 aromatic rings. The standard InChI is InChI=1S/C8H16N2O2/c1-6(4-9-3)10-7(2)5-12-8(10)11/h6-7,9H,4-5H2,1-3H3. The van der Waals surface area contributed by atoms with Crippen LogP contribution in [0.25, 0.3) is 0 Å². The van der Waals surface area contributed by atoms with Gasteiger partial charge in [-0.05, 0) is 20.9 Å². The largest absolute Gasteiger partial charge is 0.447 e. The van der Waals surface area contributed by atoms with Crippen LogP contribution < -0.4 is 5.32 Å². The van der Waals surface area contributed by atoms with E-state index in [4.69, 9.17) is 4.74 Å². The number of carbonyl (C=O) groups excluding carboxylic acids is 1. The molecule has 1 aliphatic heterocycles. The topological polar surface area (TPSA) is 41.6 Å². The Kier molecular flexibility index (Phi) is 2.92. The Bertz CT molecular complexity index is 172. The molecular formula is C8H16N2O2. The van der Waals surface area contributed by atoms with Crippen LogP contribution in [0.2, 0.25) is 0 Å². The van der Waals surface area contributed by atoms with E-state index in [0.29, 0.717) is 6.61 Å². The second-order valence-electron chi connectivity index (χ2n) is 3.24. The molecule has 1 aliphatic rings. The molecule has 4 heteroatoms. The molecule has 0 spiro atoms. The van der Waals surface area contributed by atoms with Crippen LogP contribution in [0.3, 0.4) is 0 Å². The van der Waals surface area contributed by atoms with Crippen LogP contribution in [0.15, 0.2) is 0 Å². The third-order valence-electron chi connectivity index (χ3n) is 2.11. The quantitative estimate of drug-likeness (QED) is 0.671. The number of nitrogens with one attached hydrogen (secondary N) is 1. The molecule has 0 aliphatic carbocycles. The SMILES string of the molecule is CNCC(C)N1C(=O)OCC1C. The lowest BCUT2D eigenvalue weighted by Gasteiger charge is -2.25. The summed E-state index contributed by atoms with van der Waals surface area (Å²) in [5.41, 5.74) is 0. The number of amides is 1. The van der Waals surface area contributed by atoms with Gasteiger partial charge in [-0.3, -0.25) is 4.90 Å². The van der Waals surface area contributed by atoms with Crippen LogP contribution in [0.4, 0.5) is 4.79 Å². The summed E-state index contributed by atoms with van der Waals surface area (Å²) in [7, 11) is 1.88. The molecule has 1 amide bonds. The summed E-state index contributed by atoms with van der Waals surface area (Å²) in [6.07, 6.45) is -0.190. The van der Waals surface area contributed by atoms with E-state index in [1.807, 2.05) is 20.9 Å². The molecule has 0 saturated carbocycles. The van der Waals surface area contributed by atoms with E-state index < -0.39 is 0 Å². The van der Waals surface area contributed by atoms with Crippen LogP contribution in [0, 0.1) is 0 Å². The third kappa shape index (κ3) is 1.69. The van der Waals surface area contributed by atoms with Crippen molar-refractivity contribution >= 4 is 6.09 Å². The van der Waals surface area contributed by atoms with Crippen LogP contribution in [0.1, 0.15) is 13.8 Å². The Labute approximate surface area is 72.9 Å². The zero-order valence-electron chi connectivity index (χ0n) is 7.83. The summed E-state index contributed by atoms with van der Waals surface area (Å²) in [6, 6.07) is 0.417. The molecule has 0 aromatic heterocycles. The number of hydrogen-bond acceptors (Lipinski definition) is 3. The molecule has 4 nitrogen and oxygen atoms in total. The van der Waals surface area contributed by atoms with Gasteiger partial charge in [0.05, 0.1) is 6.04 Å². The molecule has 2 unspecified atom stereocenters. The summed E-state index contributed by atoms with van der Waals surface area (Å²) >= 11 is 0. The van der Waals surface area contributed by atoms with E-state index in [1.54, 1.807) is 4.90 Å². The Balaban J connectivity index is 2.53. The number of nitrogens with zero attached hydrogens (tertiary/aromatic N) is 1. The van der Waals surface area contributed by atoms with E-state index in [0.717, 1.165) is 6.54 Å². The predicted molar refractivity (Wildman–Crippen MR) is 46.0 cm³/mol. The van der Waals surface area contributed by atoms with Gasteiger partial charge in [-0.15, -0.1) is 0 Å². The van der Waals surface area contributed by atoms with Gasteiger partial charge in [0, 0.05) is 12.6 Å². The lowest BCUT2D eigenvalue weighted by Crippen LogP contribution is -2.43. The van der Waals surface area contributed by atoms with Gasteiger partial charge in [0.2, 0.25) is 0 Å². The molecule has 1 saturated heterocycles. The first-order valence-electron chi connectivity index (χ1n) is 4.26. The smallest absolute Gasteiger partial charge is 0.410 e. The van der Waals surface area contributed by atoms with Crippen molar-refractivity contribution < 1.29 is 9.53 Å². The minimum Gasteiger partial charge on any atom is -0.447 e. The molecule has 0 radical (unpaired) electrons. The molecule has 0 aromatic carbocycles. The molecule has 1 N–H and O–H groups in total. The minimum atomic E-state index is -0.190. The lowest BCUT2D eigenvalue weighted by atomic mass is 10.2. The summed E-state index contributed by atoms with van der Waals surface area (Å²) in [4.78, 5) is 13.0. The van der Waals surface area contributed by atoms with Crippen molar-refractivity contribution in [2.45, 2.75) is 25.9 Å². The van der Waals surface area contributed by atoms with Crippen LogP contribution in [-0.2, 0) is 4.74 Å². The number of hydrogen-bond donors (Lipinski definition) is 1.